The molecule has 9 heteroatoms. The lowest BCUT2D eigenvalue weighted by atomic mass is 10.0. The molecule has 2 atom stereocenters. The average Bonchev–Trinajstić information content (AvgIpc) is 3.12. The van der Waals surface area contributed by atoms with Gasteiger partial charge >= 0.3 is 5.97 Å². The number of rotatable bonds is 9. The first-order chi connectivity index (χ1) is 16.0. The van der Waals surface area contributed by atoms with Crippen LogP contribution in [0, 0.1) is 12.8 Å². The number of aliphatic hydroxyl groups is 1. The summed E-state index contributed by atoms with van der Waals surface area (Å²) in [5.74, 6) is -2.45. The van der Waals surface area contributed by atoms with Gasteiger partial charge in [0.25, 0.3) is 0 Å². The molecular weight excluding hydrogens is 456 g/mol. The number of benzene rings is 2. The molecule has 2 aromatic carbocycles. The Bertz CT molecular complexity index is 1280. The quantitative estimate of drug-likeness (QED) is 0.429. The first-order valence-corrected chi connectivity index (χ1v) is 12.6. The van der Waals surface area contributed by atoms with E-state index < -0.39 is 40.3 Å². The van der Waals surface area contributed by atoms with Gasteiger partial charge in [-0.15, -0.1) is 0 Å². The van der Waals surface area contributed by atoms with Gasteiger partial charge in [0.15, 0.2) is 9.84 Å². The number of carbonyl (C=O) groups excluding carboxylic acids is 1. The zero-order valence-electron chi connectivity index (χ0n) is 19.2. The van der Waals surface area contributed by atoms with Crippen molar-refractivity contribution >= 4 is 21.7 Å². The Balaban J connectivity index is 1.99. The smallest absolute Gasteiger partial charge is 0.308 e. The minimum atomic E-state index is -3.33. The monoisotopic (exact) mass is 484 g/mol. The molecular formula is C25H28N2O6S. The van der Waals surface area contributed by atoms with E-state index in [0.29, 0.717) is 0 Å². The Labute approximate surface area is 198 Å². The number of hydrogen-bond acceptors (Lipinski definition) is 5. The van der Waals surface area contributed by atoms with Crippen LogP contribution in [0.15, 0.2) is 65.6 Å². The summed E-state index contributed by atoms with van der Waals surface area (Å²) in [6.45, 7) is 2.83. The second-order valence-electron chi connectivity index (χ2n) is 8.27. The maximum Gasteiger partial charge on any atom is 0.308 e. The molecule has 2 unspecified atom stereocenters. The molecule has 0 aliphatic carbocycles. The molecule has 3 aromatic rings. The lowest BCUT2D eigenvalue weighted by Gasteiger charge is -2.20. The first-order valence-electron chi connectivity index (χ1n) is 10.7. The van der Waals surface area contributed by atoms with Crippen molar-refractivity contribution < 1.29 is 28.2 Å². The predicted molar refractivity (Wildman–Crippen MR) is 129 cm³/mol. The molecule has 0 radical (unpaired) electrons. The number of carbonyl (C=O) groups is 2. The van der Waals surface area contributed by atoms with Gasteiger partial charge in [0, 0.05) is 17.6 Å². The van der Waals surface area contributed by atoms with E-state index in [-0.39, 0.29) is 11.3 Å². The Hall–Kier alpha value is -3.43. The van der Waals surface area contributed by atoms with E-state index >= 15 is 0 Å². The molecule has 0 aliphatic heterocycles. The zero-order chi connectivity index (χ0) is 25.0. The molecule has 0 bridgehead atoms. The van der Waals surface area contributed by atoms with E-state index in [4.69, 9.17) is 0 Å². The second kappa shape index (κ2) is 10.2. The number of aliphatic hydroxyl groups excluding tert-OH is 1. The van der Waals surface area contributed by atoms with E-state index in [1.54, 1.807) is 24.3 Å². The van der Waals surface area contributed by atoms with E-state index in [0.717, 1.165) is 34.5 Å². The predicted octanol–water partition coefficient (Wildman–Crippen LogP) is 2.60. The molecule has 0 spiro atoms. The molecule has 180 valence electrons. The van der Waals surface area contributed by atoms with Crippen molar-refractivity contribution in [2.24, 2.45) is 5.92 Å². The van der Waals surface area contributed by atoms with Crippen LogP contribution in [0.25, 0.3) is 16.9 Å². The number of sulfone groups is 1. The number of nitrogens with one attached hydrogen (secondary N) is 1. The van der Waals surface area contributed by atoms with Gasteiger partial charge in [0.1, 0.15) is 0 Å². The van der Waals surface area contributed by atoms with Crippen LogP contribution >= 0.6 is 0 Å². The molecule has 0 saturated carbocycles. The fraction of sp³-hybridized carbons (Fsp3) is 0.280. The molecule has 3 rings (SSSR count). The number of amides is 1. The summed E-state index contributed by atoms with van der Waals surface area (Å²) in [6.07, 6.45) is 1.14. The first kappa shape index (κ1) is 25.2. The molecule has 0 saturated heterocycles. The van der Waals surface area contributed by atoms with Gasteiger partial charge in [0.2, 0.25) is 5.91 Å². The summed E-state index contributed by atoms with van der Waals surface area (Å²) in [4.78, 5) is 24.2. The number of carboxylic acids is 1. The zero-order valence-corrected chi connectivity index (χ0v) is 20.0. The number of nitrogens with zero attached hydrogens (tertiary/aromatic N) is 1. The normalized spacial score (nSPS) is 13.3. The minimum absolute atomic E-state index is 0.0110. The van der Waals surface area contributed by atoms with E-state index in [2.05, 4.69) is 5.32 Å². The number of aliphatic carboxylic acids is 1. The molecule has 1 heterocycles. The van der Waals surface area contributed by atoms with Crippen molar-refractivity contribution in [3.8, 4) is 16.9 Å². The van der Waals surface area contributed by atoms with Crippen LogP contribution in [0.5, 0.6) is 0 Å². The van der Waals surface area contributed by atoms with Gasteiger partial charge in [-0.05, 0) is 55.3 Å². The highest BCUT2D eigenvalue weighted by atomic mass is 32.2. The maximum atomic E-state index is 12.7. The Morgan fingerprint density at radius 3 is 2.21 bits per heavy atom. The van der Waals surface area contributed by atoms with Crippen LogP contribution in [-0.2, 0) is 25.8 Å². The summed E-state index contributed by atoms with van der Waals surface area (Å²) < 4.78 is 25.7. The summed E-state index contributed by atoms with van der Waals surface area (Å²) in [7, 11) is -3.33. The largest absolute Gasteiger partial charge is 0.481 e. The Morgan fingerprint density at radius 2 is 1.68 bits per heavy atom. The van der Waals surface area contributed by atoms with Crippen LogP contribution in [-0.4, -0.2) is 54.0 Å². The fourth-order valence-corrected chi connectivity index (χ4v) is 4.39. The van der Waals surface area contributed by atoms with Crippen molar-refractivity contribution in [3.05, 3.63) is 71.9 Å². The van der Waals surface area contributed by atoms with Crippen LogP contribution in [0.1, 0.15) is 18.2 Å². The Kier molecular flexibility index (Phi) is 7.58. The molecule has 1 amide bonds. The third-order valence-electron chi connectivity index (χ3n) is 5.83. The van der Waals surface area contributed by atoms with Crippen molar-refractivity contribution in [1.82, 2.24) is 9.88 Å². The standard InChI is InChI=1S/C25H28N2O6S/c1-16(25(30)31)22(15-28)26-24(29)14-19-13-23(18-9-11-21(12-10-18)34(3,32)33)27(17(19)2)20-7-5-4-6-8-20/h4-13,16,22,28H,14-15H2,1-3H3,(H,26,29)(H,30,31). The third kappa shape index (κ3) is 5.55. The third-order valence-corrected chi connectivity index (χ3v) is 6.96. The average molecular weight is 485 g/mol. The number of carboxylic acid groups (broad SMARTS) is 1. The molecule has 1 aromatic heterocycles. The number of para-hydroxylation sites is 1. The molecule has 34 heavy (non-hydrogen) atoms. The highest BCUT2D eigenvalue weighted by Crippen LogP contribution is 2.30. The highest BCUT2D eigenvalue weighted by molar-refractivity contribution is 7.90. The van der Waals surface area contributed by atoms with Gasteiger partial charge in [-0.2, -0.15) is 0 Å². The van der Waals surface area contributed by atoms with Crippen molar-refractivity contribution in [2.45, 2.75) is 31.2 Å². The van der Waals surface area contributed by atoms with Crippen molar-refractivity contribution in [1.29, 1.82) is 0 Å². The van der Waals surface area contributed by atoms with Crippen LogP contribution < -0.4 is 5.32 Å². The summed E-state index contributed by atoms with van der Waals surface area (Å²) >= 11 is 0. The lowest BCUT2D eigenvalue weighted by molar-refractivity contribution is -0.142. The topological polar surface area (TPSA) is 126 Å². The van der Waals surface area contributed by atoms with E-state index in [9.17, 15) is 28.2 Å². The summed E-state index contributed by atoms with van der Waals surface area (Å²) in [5.41, 5.74) is 3.98. The number of aromatic nitrogens is 1. The summed E-state index contributed by atoms with van der Waals surface area (Å²) in [6, 6.07) is 17.1. The van der Waals surface area contributed by atoms with Gasteiger partial charge in [0.05, 0.1) is 35.6 Å². The fourth-order valence-electron chi connectivity index (χ4n) is 3.76. The Morgan fingerprint density at radius 1 is 1.06 bits per heavy atom. The van der Waals surface area contributed by atoms with Gasteiger partial charge in [-0.25, -0.2) is 8.42 Å². The molecule has 8 nitrogen and oxygen atoms in total. The lowest BCUT2D eigenvalue weighted by Crippen LogP contribution is -2.45. The maximum absolute atomic E-state index is 12.7. The van der Waals surface area contributed by atoms with E-state index in [1.165, 1.54) is 6.92 Å². The van der Waals surface area contributed by atoms with Crippen LogP contribution in [0.4, 0.5) is 0 Å². The van der Waals surface area contributed by atoms with Crippen LogP contribution in [0.3, 0.4) is 0 Å². The molecule has 0 fully saturated rings. The van der Waals surface area contributed by atoms with Gasteiger partial charge < -0.3 is 20.1 Å². The van der Waals surface area contributed by atoms with Gasteiger partial charge in [-0.1, -0.05) is 30.3 Å². The van der Waals surface area contributed by atoms with Crippen molar-refractivity contribution in [2.75, 3.05) is 12.9 Å². The minimum Gasteiger partial charge on any atom is -0.481 e. The molecule has 3 N–H and O–H groups in total. The van der Waals surface area contributed by atoms with Crippen molar-refractivity contribution in [3.63, 3.8) is 0 Å². The molecule has 0 aliphatic rings. The SMILES string of the molecule is Cc1c(CC(=O)NC(CO)C(C)C(=O)O)cc(-c2ccc(S(C)(=O)=O)cc2)n1-c1ccccc1. The highest BCUT2D eigenvalue weighted by Gasteiger charge is 2.25. The second-order valence-corrected chi connectivity index (χ2v) is 10.3. The van der Waals surface area contributed by atoms with Crippen LogP contribution in [0.2, 0.25) is 0 Å². The summed E-state index contributed by atoms with van der Waals surface area (Å²) in [5, 5.41) is 21.3. The number of hydrogen-bond donors (Lipinski definition) is 3. The van der Waals surface area contributed by atoms with E-state index in [1.807, 2.05) is 47.9 Å². The van der Waals surface area contributed by atoms with Gasteiger partial charge in [-0.3, -0.25) is 9.59 Å².